The van der Waals surface area contributed by atoms with Crippen molar-refractivity contribution in [1.82, 2.24) is 30.0 Å². The molecule has 0 spiro atoms. The molecule has 1 amide bonds. The van der Waals surface area contributed by atoms with E-state index in [4.69, 9.17) is 26.1 Å². The molecular formula is C35H32ClFN8O3. The highest BCUT2D eigenvalue weighted by molar-refractivity contribution is 6.33. The van der Waals surface area contributed by atoms with Crippen molar-refractivity contribution in [2.24, 2.45) is 0 Å². The Morgan fingerprint density at radius 1 is 1.15 bits per heavy atom. The second-order valence-corrected chi connectivity index (χ2v) is 12.7. The van der Waals surface area contributed by atoms with Gasteiger partial charge in [-0.05, 0) is 51.1 Å². The summed E-state index contributed by atoms with van der Waals surface area (Å²) in [6.45, 7) is 10.5. The lowest BCUT2D eigenvalue weighted by Gasteiger charge is -2.42. The van der Waals surface area contributed by atoms with Crippen molar-refractivity contribution >= 4 is 45.0 Å². The van der Waals surface area contributed by atoms with Crippen molar-refractivity contribution < 1.29 is 18.7 Å². The van der Waals surface area contributed by atoms with Crippen molar-refractivity contribution in [3.8, 4) is 29.3 Å². The molecular weight excluding hydrogens is 635 g/mol. The predicted molar refractivity (Wildman–Crippen MR) is 180 cm³/mol. The number of carbonyl (C=O) groups excluding carboxylic acids is 1. The third-order valence-electron chi connectivity index (χ3n) is 9.45. The number of piperazine rings is 1. The number of nitriles is 1. The molecule has 13 heteroatoms. The lowest BCUT2D eigenvalue weighted by Crippen LogP contribution is -2.48. The molecule has 0 aliphatic carbocycles. The molecule has 3 aromatic heterocycles. The molecule has 5 aromatic rings. The Morgan fingerprint density at radius 3 is 2.69 bits per heavy atom. The van der Waals surface area contributed by atoms with Gasteiger partial charge in [-0.25, -0.2) is 14.4 Å². The van der Waals surface area contributed by atoms with Crippen LogP contribution in [0.1, 0.15) is 30.5 Å². The van der Waals surface area contributed by atoms with Gasteiger partial charge in [-0.2, -0.15) is 10.4 Å². The molecule has 5 heterocycles. The van der Waals surface area contributed by atoms with Crippen LogP contribution in [0, 0.1) is 17.1 Å². The first-order valence-corrected chi connectivity index (χ1v) is 15.9. The van der Waals surface area contributed by atoms with Gasteiger partial charge in [0.2, 0.25) is 17.7 Å². The molecule has 0 unspecified atom stereocenters. The molecule has 0 radical (unpaired) electrons. The zero-order chi connectivity index (χ0) is 33.7. The number of H-pyrrole nitrogens is 1. The third kappa shape index (κ3) is 5.16. The number of nitrogens with one attached hydrogen (secondary N) is 1. The Labute approximate surface area is 281 Å². The molecule has 244 valence electrons. The van der Waals surface area contributed by atoms with Gasteiger partial charge in [-0.3, -0.25) is 14.8 Å². The number of nitrogens with zero attached hydrogens (tertiary/aromatic N) is 7. The minimum absolute atomic E-state index is 0.0237. The summed E-state index contributed by atoms with van der Waals surface area (Å²) >= 11 is 6.41. The summed E-state index contributed by atoms with van der Waals surface area (Å²) in [5.74, 6) is -0.108. The van der Waals surface area contributed by atoms with Crippen LogP contribution in [0.25, 0.3) is 21.8 Å². The summed E-state index contributed by atoms with van der Waals surface area (Å²) in [6.07, 6.45) is 5.08. The first kappa shape index (κ1) is 31.4. The van der Waals surface area contributed by atoms with Crippen LogP contribution in [0.4, 0.5) is 10.1 Å². The molecule has 1 N–H and O–H groups in total. The second kappa shape index (κ2) is 12.1. The Morgan fingerprint density at radius 2 is 1.94 bits per heavy atom. The number of aromatic nitrogens is 4. The van der Waals surface area contributed by atoms with Crippen molar-refractivity contribution in [2.75, 3.05) is 44.7 Å². The highest BCUT2D eigenvalue weighted by atomic mass is 35.5. The molecule has 7 rings (SSSR count). The monoisotopic (exact) mass is 666 g/mol. The highest BCUT2D eigenvalue weighted by Gasteiger charge is 2.34. The van der Waals surface area contributed by atoms with E-state index in [1.54, 1.807) is 11.0 Å². The van der Waals surface area contributed by atoms with E-state index in [9.17, 15) is 14.4 Å². The summed E-state index contributed by atoms with van der Waals surface area (Å²) in [5.41, 5.74) is 3.42. The predicted octanol–water partition coefficient (Wildman–Crippen LogP) is 6.31. The zero-order valence-corrected chi connectivity index (χ0v) is 27.4. The van der Waals surface area contributed by atoms with Crippen LogP contribution < -0.4 is 14.4 Å². The van der Waals surface area contributed by atoms with Crippen LogP contribution in [0.5, 0.6) is 23.3 Å². The van der Waals surface area contributed by atoms with Crippen molar-refractivity contribution in [2.45, 2.75) is 25.8 Å². The fourth-order valence-electron chi connectivity index (χ4n) is 6.55. The van der Waals surface area contributed by atoms with E-state index in [0.717, 1.165) is 24.1 Å². The molecule has 0 saturated carbocycles. The highest BCUT2D eigenvalue weighted by Crippen LogP contribution is 2.45. The zero-order valence-electron chi connectivity index (χ0n) is 26.7. The molecule has 0 atom stereocenters. The van der Waals surface area contributed by atoms with E-state index in [1.807, 2.05) is 17.0 Å². The molecule has 1 saturated heterocycles. The summed E-state index contributed by atoms with van der Waals surface area (Å²) in [7, 11) is 2.10. The van der Waals surface area contributed by atoms with E-state index in [1.165, 1.54) is 24.5 Å². The van der Waals surface area contributed by atoms with Gasteiger partial charge in [0.1, 0.15) is 33.7 Å². The smallest absolute Gasteiger partial charge is 0.246 e. The largest absolute Gasteiger partial charge is 0.437 e. The quantitative estimate of drug-likeness (QED) is 0.208. The van der Waals surface area contributed by atoms with Crippen LogP contribution >= 0.6 is 11.6 Å². The van der Waals surface area contributed by atoms with Gasteiger partial charge in [0.25, 0.3) is 0 Å². The maximum absolute atomic E-state index is 14.9. The normalized spacial score (nSPS) is 16.1. The lowest BCUT2D eigenvalue weighted by atomic mass is 9.83. The number of aromatic amines is 1. The number of ether oxygens (including phenoxy) is 2. The SMILES string of the molecule is C=CC(=O)N1CCN(c2c(C#N)c(Oc3cccc4c3CCN(C)C4(C)C)nc3c(Oc4c(Cl)c(F)cc5[nH]ncc45)nccc23)CC1. The van der Waals surface area contributed by atoms with E-state index in [0.29, 0.717) is 53.9 Å². The first-order valence-electron chi connectivity index (χ1n) is 15.5. The maximum Gasteiger partial charge on any atom is 0.246 e. The molecule has 2 aliphatic rings. The van der Waals surface area contributed by atoms with Crippen molar-refractivity contribution in [1.29, 1.82) is 5.26 Å². The molecule has 2 aliphatic heterocycles. The molecule has 48 heavy (non-hydrogen) atoms. The molecule has 1 fully saturated rings. The van der Waals surface area contributed by atoms with Crippen LogP contribution in [-0.4, -0.2) is 75.6 Å². The van der Waals surface area contributed by atoms with Gasteiger partial charge in [-0.1, -0.05) is 30.3 Å². The average molecular weight is 667 g/mol. The van der Waals surface area contributed by atoms with Gasteiger partial charge >= 0.3 is 0 Å². The summed E-state index contributed by atoms with van der Waals surface area (Å²) < 4.78 is 27.7. The van der Waals surface area contributed by atoms with E-state index >= 15 is 0 Å². The minimum Gasteiger partial charge on any atom is -0.437 e. The van der Waals surface area contributed by atoms with E-state index < -0.39 is 5.82 Å². The fourth-order valence-corrected chi connectivity index (χ4v) is 6.74. The maximum atomic E-state index is 14.9. The van der Waals surface area contributed by atoms with Crippen LogP contribution in [0.2, 0.25) is 5.02 Å². The number of benzene rings is 2. The summed E-state index contributed by atoms with van der Waals surface area (Å²) in [6, 6.07) is 11.3. The Bertz CT molecular complexity index is 2150. The standard InChI is InChI=1S/C35H32ClFN8O3/c1-5-28(46)44-13-15-45(16-14-44)31-21-9-11-39-34(48-32-23-19-40-42-26(23)17-25(37)29(32)36)30(21)41-33(22(31)18-38)47-27-8-6-7-24-20(27)10-12-43(4)35(24,2)3/h5-9,11,17,19H,1,10,12-16H2,2-4H3,(H,40,42). The van der Waals surface area contributed by atoms with Crippen molar-refractivity contribution in [3.05, 3.63) is 82.9 Å². The molecule has 2 aromatic carbocycles. The van der Waals surface area contributed by atoms with Gasteiger partial charge in [0, 0.05) is 61.5 Å². The molecule has 0 bridgehead atoms. The topological polar surface area (TPSA) is 124 Å². The lowest BCUT2D eigenvalue weighted by molar-refractivity contribution is -0.126. The van der Waals surface area contributed by atoms with E-state index in [2.05, 4.69) is 59.7 Å². The number of anilines is 1. The van der Waals surface area contributed by atoms with E-state index in [-0.39, 0.29) is 45.1 Å². The van der Waals surface area contributed by atoms with Gasteiger partial charge < -0.3 is 19.3 Å². The van der Waals surface area contributed by atoms with Gasteiger partial charge in [0.15, 0.2) is 5.75 Å². The Kier molecular flexibility index (Phi) is 7.89. The third-order valence-corrected chi connectivity index (χ3v) is 9.80. The Hall–Kier alpha value is -5.25. The van der Waals surface area contributed by atoms with Crippen LogP contribution in [-0.2, 0) is 16.8 Å². The van der Waals surface area contributed by atoms with Crippen LogP contribution in [0.3, 0.4) is 0 Å². The van der Waals surface area contributed by atoms with Crippen molar-refractivity contribution in [3.63, 3.8) is 0 Å². The number of rotatable bonds is 6. The number of hydrogen-bond donors (Lipinski definition) is 1. The summed E-state index contributed by atoms with van der Waals surface area (Å²) in [4.78, 5) is 27.7. The number of amides is 1. The van der Waals surface area contributed by atoms with Crippen LogP contribution in [0.15, 0.2) is 55.4 Å². The Balaban J connectivity index is 1.41. The minimum atomic E-state index is -0.692. The second-order valence-electron chi connectivity index (χ2n) is 12.3. The number of carbonyl (C=O) groups is 1. The average Bonchev–Trinajstić information content (AvgIpc) is 3.56. The number of pyridine rings is 2. The fraction of sp³-hybridized carbons (Fsp3) is 0.286. The van der Waals surface area contributed by atoms with Gasteiger partial charge in [-0.15, -0.1) is 0 Å². The number of halogens is 2. The summed E-state index contributed by atoms with van der Waals surface area (Å²) in [5, 5.41) is 18.2. The molecule has 11 nitrogen and oxygen atoms in total. The number of likely N-dealkylation sites (N-methyl/N-ethyl adjacent to an activating group) is 1. The van der Waals surface area contributed by atoms with Gasteiger partial charge in [0.05, 0.1) is 22.8 Å². The first-order chi connectivity index (χ1) is 23.1. The number of fused-ring (bicyclic) bond motifs is 3. The number of hydrogen-bond acceptors (Lipinski definition) is 9.